The van der Waals surface area contributed by atoms with Crippen LogP contribution < -0.4 is 10.6 Å². The summed E-state index contributed by atoms with van der Waals surface area (Å²) >= 11 is 12.2. The standard InChI is InChI=1S/C24H18Cl2N2O2/c25-19-9-3-1-7-17(19)13-15-23(29)27-21-11-5-6-12-22(21)28-24(30)16-14-18-8-2-4-10-20(18)26/h1-16H,(H,27,29)(H,28,30). The van der Waals surface area contributed by atoms with E-state index in [9.17, 15) is 9.59 Å². The van der Waals surface area contributed by atoms with Crippen molar-refractivity contribution in [3.63, 3.8) is 0 Å². The third-order valence-electron chi connectivity index (χ3n) is 4.08. The molecular weight excluding hydrogens is 419 g/mol. The minimum Gasteiger partial charge on any atom is -0.321 e. The molecule has 3 aromatic rings. The zero-order valence-corrected chi connectivity index (χ0v) is 17.3. The van der Waals surface area contributed by atoms with Gasteiger partial charge < -0.3 is 10.6 Å². The van der Waals surface area contributed by atoms with Crippen molar-refractivity contribution in [2.75, 3.05) is 10.6 Å². The summed E-state index contributed by atoms with van der Waals surface area (Å²) in [6.07, 6.45) is 6.03. The van der Waals surface area contributed by atoms with Gasteiger partial charge in [0.2, 0.25) is 11.8 Å². The summed E-state index contributed by atoms with van der Waals surface area (Å²) < 4.78 is 0. The quantitative estimate of drug-likeness (QED) is 0.445. The molecule has 0 aliphatic carbocycles. The van der Waals surface area contributed by atoms with Gasteiger partial charge in [-0.1, -0.05) is 71.7 Å². The van der Waals surface area contributed by atoms with Crippen LogP contribution >= 0.6 is 23.2 Å². The Morgan fingerprint density at radius 2 is 0.967 bits per heavy atom. The van der Waals surface area contributed by atoms with Gasteiger partial charge in [0.1, 0.15) is 0 Å². The molecule has 0 atom stereocenters. The fourth-order valence-corrected chi connectivity index (χ4v) is 3.00. The van der Waals surface area contributed by atoms with Crippen LogP contribution in [0.5, 0.6) is 0 Å². The highest BCUT2D eigenvalue weighted by Gasteiger charge is 2.07. The maximum absolute atomic E-state index is 12.3. The highest BCUT2D eigenvalue weighted by Crippen LogP contribution is 2.22. The van der Waals surface area contributed by atoms with Crippen molar-refractivity contribution in [3.05, 3.63) is 106 Å². The molecule has 0 heterocycles. The zero-order valence-electron chi connectivity index (χ0n) is 15.8. The average molecular weight is 437 g/mol. The normalized spacial score (nSPS) is 11.0. The fourth-order valence-electron chi connectivity index (χ4n) is 2.60. The molecule has 2 N–H and O–H groups in total. The van der Waals surface area contributed by atoms with Gasteiger partial charge in [0, 0.05) is 22.2 Å². The summed E-state index contributed by atoms with van der Waals surface area (Å²) in [4.78, 5) is 24.6. The average Bonchev–Trinajstić information content (AvgIpc) is 2.74. The fraction of sp³-hybridized carbons (Fsp3) is 0. The Kier molecular flexibility index (Phi) is 7.44. The first kappa shape index (κ1) is 21.4. The van der Waals surface area contributed by atoms with Crippen molar-refractivity contribution in [3.8, 4) is 0 Å². The van der Waals surface area contributed by atoms with Gasteiger partial charge in [-0.25, -0.2) is 0 Å². The van der Waals surface area contributed by atoms with E-state index in [0.717, 1.165) is 11.1 Å². The Bertz CT molecular complexity index is 1030. The molecule has 0 fully saturated rings. The van der Waals surface area contributed by atoms with Crippen LogP contribution in [0.4, 0.5) is 11.4 Å². The second kappa shape index (κ2) is 10.4. The molecule has 2 amide bonds. The number of carbonyl (C=O) groups is 2. The Labute approximate surface area is 184 Å². The van der Waals surface area contributed by atoms with Crippen LogP contribution in [0.2, 0.25) is 10.0 Å². The molecule has 3 aromatic carbocycles. The number of hydrogen-bond donors (Lipinski definition) is 2. The van der Waals surface area contributed by atoms with Crippen molar-refractivity contribution in [1.82, 2.24) is 0 Å². The lowest BCUT2D eigenvalue weighted by Crippen LogP contribution is -2.13. The van der Waals surface area contributed by atoms with Crippen molar-refractivity contribution in [1.29, 1.82) is 0 Å². The zero-order chi connectivity index (χ0) is 21.3. The monoisotopic (exact) mass is 436 g/mol. The summed E-state index contributed by atoms with van der Waals surface area (Å²) in [5.41, 5.74) is 2.43. The van der Waals surface area contributed by atoms with Gasteiger partial charge in [0.05, 0.1) is 11.4 Å². The summed E-state index contributed by atoms with van der Waals surface area (Å²) in [5, 5.41) is 6.63. The second-order valence-electron chi connectivity index (χ2n) is 6.23. The number of rotatable bonds is 6. The van der Waals surface area contributed by atoms with Crippen LogP contribution in [-0.4, -0.2) is 11.8 Å². The second-order valence-corrected chi connectivity index (χ2v) is 7.05. The predicted octanol–water partition coefficient (Wildman–Crippen LogP) is 6.30. The lowest BCUT2D eigenvalue weighted by molar-refractivity contribution is -0.112. The smallest absolute Gasteiger partial charge is 0.248 e. The highest BCUT2D eigenvalue weighted by atomic mass is 35.5. The molecular formula is C24H18Cl2N2O2. The molecule has 6 heteroatoms. The van der Waals surface area contributed by atoms with E-state index in [1.807, 2.05) is 36.4 Å². The third kappa shape index (κ3) is 6.08. The Morgan fingerprint density at radius 1 is 0.600 bits per heavy atom. The number of anilines is 2. The molecule has 0 unspecified atom stereocenters. The number of carbonyl (C=O) groups excluding carboxylic acids is 2. The molecule has 150 valence electrons. The van der Waals surface area contributed by atoms with Gasteiger partial charge >= 0.3 is 0 Å². The molecule has 3 rings (SSSR count). The van der Waals surface area contributed by atoms with Gasteiger partial charge in [-0.3, -0.25) is 9.59 Å². The lowest BCUT2D eigenvalue weighted by atomic mass is 10.2. The molecule has 0 bridgehead atoms. The number of halogens is 2. The predicted molar refractivity (Wildman–Crippen MR) is 125 cm³/mol. The largest absolute Gasteiger partial charge is 0.321 e. The number of benzene rings is 3. The van der Waals surface area contributed by atoms with E-state index >= 15 is 0 Å². The molecule has 0 saturated carbocycles. The Hall–Kier alpha value is -3.34. The molecule has 0 aliphatic rings. The maximum atomic E-state index is 12.3. The molecule has 4 nitrogen and oxygen atoms in total. The Morgan fingerprint density at radius 3 is 1.37 bits per heavy atom. The van der Waals surface area contributed by atoms with Crippen LogP contribution in [0, 0.1) is 0 Å². The van der Waals surface area contributed by atoms with Crippen LogP contribution in [0.1, 0.15) is 11.1 Å². The SMILES string of the molecule is O=C(C=Cc1ccccc1Cl)Nc1ccccc1NC(=O)C=Cc1ccccc1Cl. The summed E-state index contributed by atoms with van der Waals surface area (Å²) in [7, 11) is 0. The highest BCUT2D eigenvalue weighted by molar-refractivity contribution is 6.32. The van der Waals surface area contributed by atoms with E-state index in [4.69, 9.17) is 23.2 Å². The van der Waals surface area contributed by atoms with Gasteiger partial charge in [-0.15, -0.1) is 0 Å². The minimum atomic E-state index is -0.344. The minimum absolute atomic E-state index is 0.344. The van der Waals surface area contributed by atoms with E-state index < -0.39 is 0 Å². The van der Waals surface area contributed by atoms with E-state index in [2.05, 4.69) is 10.6 Å². The van der Waals surface area contributed by atoms with Crippen LogP contribution in [-0.2, 0) is 9.59 Å². The Balaban J connectivity index is 1.67. The van der Waals surface area contributed by atoms with Crippen molar-refractivity contribution in [2.24, 2.45) is 0 Å². The van der Waals surface area contributed by atoms with Gasteiger partial charge in [-0.05, 0) is 47.5 Å². The van der Waals surface area contributed by atoms with E-state index in [0.29, 0.717) is 21.4 Å². The van der Waals surface area contributed by atoms with Gasteiger partial charge in [0.25, 0.3) is 0 Å². The first-order valence-corrected chi connectivity index (χ1v) is 9.85. The molecule has 0 saturated heterocycles. The summed E-state index contributed by atoms with van der Waals surface area (Å²) in [6.45, 7) is 0. The third-order valence-corrected chi connectivity index (χ3v) is 4.77. The molecule has 0 aliphatic heterocycles. The molecule has 30 heavy (non-hydrogen) atoms. The van der Waals surface area contributed by atoms with Crippen molar-refractivity contribution < 1.29 is 9.59 Å². The summed E-state index contributed by atoms with van der Waals surface area (Å²) in [5.74, 6) is -0.688. The number of amides is 2. The topological polar surface area (TPSA) is 58.2 Å². The van der Waals surface area contributed by atoms with Gasteiger partial charge in [0.15, 0.2) is 0 Å². The first-order valence-electron chi connectivity index (χ1n) is 9.09. The van der Waals surface area contributed by atoms with E-state index in [1.54, 1.807) is 48.6 Å². The first-order chi connectivity index (χ1) is 14.5. The van der Waals surface area contributed by atoms with Crippen LogP contribution in [0.15, 0.2) is 84.9 Å². The van der Waals surface area contributed by atoms with E-state index in [-0.39, 0.29) is 11.8 Å². The van der Waals surface area contributed by atoms with Crippen molar-refractivity contribution >= 4 is 58.5 Å². The lowest BCUT2D eigenvalue weighted by Gasteiger charge is -2.10. The molecule has 0 radical (unpaired) electrons. The number of nitrogens with one attached hydrogen (secondary N) is 2. The van der Waals surface area contributed by atoms with E-state index in [1.165, 1.54) is 12.2 Å². The molecule has 0 spiro atoms. The number of para-hydroxylation sites is 2. The number of hydrogen-bond acceptors (Lipinski definition) is 2. The summed E-state index contributed by atoms with van der Waals surface area (Å²) in [6, 6.07) is 21.4. The van der Waals surface area contributed by atoms with Crippen LogP contribution in [0.3, 0.4) is 0 Å². The molecule has 0 aromatic heterocycles. The maximum Gasteiger partial charge on any atom is 0.248 e. The van der Waals surface area contributed by atoms with Crippen LogP contribution in [0.25, 0.3) is 12.2 Å². The van der Waals surface area contributed by atoms with Gasteiger partial charge in [-0.2, -0.15) is 0 Å². The van der Waals surface area contributed by atoms with Crippen molar-refractivity contribution in [2.45, 2.75) is 0 Å².